The molecule has 0 aromatic heterocycles. The number of methoxy groups -OCH3 is 2. The van der Waals surface area contributed by atoms with Crippen LogP contribution in [0.1, 0.15) is 25.7 Å². The minimum Gasteiger partial charge on any atom is -0.495 e. The smallest absolute Gasteiger partial charge is 0.143 e. The van der Waals surface area contributed by atoms with Gasteiger partial charge in [-0.15, -0.1) is 0 Å². The van der Waals surface area contributed by atoms with Crippen LogP contribution in [0.25, 0.3) is 0 Å². The van der Waals surface area contributed by atoms with Gasteiger partial charge in [0.15, 0.2) is 0 Å². The van der Waals surface area contributed by atoms with Crippen molar-refractivity contribution in [1.82, 2.24) is 0 Å². The van der Waals surface area contributed by atoms with E-state index in [0.29, 0.717) is 16.5 Å². The maximum Gasteiger partial charge on any atom is 0.143 e. The molecule has 0 saturated heterocycles. The number of nitrogens with one attached hydrogen (secondary N) is 1. The third kappa shape index (κ3) is 3.25. The first kappa shape index (κ1) is 14.3. The van der Waals surface area contributed by atoms with Crippen molar-refractivity contribution < 1.29 is 14.6 Å². The molecule has 0 unspecified atom stereocenters. The lowest BCUT2D eigenvalue weighted by atomic mass is 9.92. The maximum absolute atomic E-state index is 10.0. The SMILES string of the molecule is COc1cc(N[C@@H]2CCCC[C@H]2O)c(OC)cc1Cl. The number of benzene rings is 1. The predicted molar refractivity (Wildman–Crippen MR) is 76.4 cm³/mol. The van der Waals surface area contributed by atoms with Crippen LogP contribution in [0, 0.1) is 0 Å². The molecule has 1 fully saturated rings. The Morgan fingerprint density at radius 3 is 2.47 bits per heavy atom. The first-order valence-electron chi connectivity index (χ1n) is 6.52. The van der Waals surface area contributed by atoms with Gasteiger partial charge in [-0.1, -0.05) is 24.4 Å². The molecule has 19 heavy (non-hydrogen) atoms. The number of aliphatic hydroxyl groups is 1. The largest absolute Gasteiger partial charge is 0.495 e. The van der Waals surface area contributed by atoms with Gasteiger partial charge in [-0.05, 0) is 12.8 Å². The van der Waals surface area contributed by atoms with E-state index in [0.717, 1.165) is 31.4 Å². The third-order valence-electron chi connectivity index (χ3n) is 3.54. The zero-order valence-electron chi connectivity index (χ0n) is 11.3. The van der Waals surface area contributed by atoms with Crippen LogP contribution in [-0.4, -0.2) is 31.5 Å². The molecule has 0 aliphatic heterocycles. The molecule has 0 bridgehead atoms. The molecule has 2 atom stereocenters. The summed E-state index contributed by atoms with van der Waals surface area (Å²) in [4.78, 5) is 0. The second-order valence-corrected chi connectivity index (χ2v) is 5.20. The molecule has 0 radical (unpaired) electrons. The molecule has 5 heteroatoms. The Labute approximate surface area is 118 Å². The highest BCUT2D eigenvalue weighted by Crippen LogP contribution is 2.37. The summed E-state index contributed by atoms with van der Waals surface area (Å²) in [5, 5.41) is 13.9. The Morgan fingerprint density at radius 1 is 1.16 bits per heavy atom. The molecule has 0 amide bonds. The number of hydrogen-bond donors (Lipinski definition) is 2. The van der Waals surface area contributed by atoms with E-state index in [4.69, 9.17) is 21.1 Å². The third-order valence-corrected chi connectivity index (χ3v) is 3.84. The van der Waals surface area contributed by atoms with Gasteiger partial charge in [0, 0.05) is 12.1 Å². The molecular formula is C14H20ClNO3. The van der Waals surface area contributed by atoms with Crippen LogP contribution in [0.3, 0.4) is 0 Å². The Kier molecular flexibility index (Phi) is 4.77. The zero-order chi connectivity index (χ0) is 13.8. The highest BCUT2D eigenvalue weighted by Gasteiger charge is 2.24. The molecule has 1 saturated carbocycles. The Balaban J connectivity index is 2.22. The van der Waals surface area contributed by atoms with Crippen LogP contribution >= 0.6 is 11.6 Å². The number of anilines is 1. The molecule has 1 aliphatic carbocycles. The average Bonchev–Trinajstić information content (AvgIpc) is 2.42. The molecule has 0 spiro atoms. The molecular weight excluding hydrogens is 266 g/mol. The second kappa shape index (κ2) is 6.35. The molecule has 4 nitrogen and oxygen atoms in total. The van der Waals surface area contributed by atoms with E-state index in [9.17, 15) is 5.11 Å². The van der Waals surface area contributed by atoms with Gasteiger partial charge in [0.25, 0.3) is 0 Å². The summed E-state index contributed by atoms with van der Waals surface area (Å²) in [5.41, 5.74) is 0.801. The van der Waals surface area contributed by atoms with Gasteiger partial charge in [0.05, 0.1) is 37.1 Å². The van der Waals surface area contributed by atoms with Gasteiger partial charge in [0.1, 0.15) is 11.5 Å². The fraction of sp³-hybridized carbons (Fsp3) is 0.571. The number of rotatable bonds is 4. The zero-order valence-corrected chi connectivity index (χ0v) is 12.0. The molecule has 1 aromatic carbocycles. The molecule has 106 valence electrons. The summed E-state index contributed by atoms with van der Waals surface area (Å²) in [6.07, 6.45) is 3.68. The van der Waals surface area contributed by atoms with Gasteiger partial charge >= 0.3 is 0 Å². The van der Waals surface area contributed by atoms with Crippen molar-refractivity contribution in [1.29, 1.82) is 0 Å². The van der Waals surface area contributed by atoms with Crippen LogP contribution in [0.5, 0.6) is 11.5 Å². The predicted octanol–water partition coefficient (Wildman–Crippen LogP) is 3.07. The van der Waals surface area contributed by atoms with Crippen molar-refractivity contribution in [3.63, 3.8) is 0 Å². The molecule has 1 aliphatic rings. The van der Waals surface area contributed by atoms with Crippen LogP contribution < -0.4 is 14.8 Å². The standard InChI is InChI=1S/C14H20ClNO3/c1-18-13-8-11(14(19-2)7-9(13)15)16-10-5-3-4-6-12(10)17/h7-8,10,12,16-17H,3-6H2,1-2H3/t10-,12-/m1/s1. The van der Waals surface area contributed by atoms with Gasteiger partial charge in [0.2, 0.25) is 0 Å². The lowest BCUT2D eigenvalue weighted by Crippen LogP contribution is -2.36. The summed E-state index contributed by atoms with van der Waals surface area (Å²) in [7, 11) is 3.17. The van der Waals surface area contributed by atoms with E-state index < -0.39 is 0 Å². The Bertz CT molecular complexity index is 439. The first-order valence-corrected chi connectivity index (χ1v) is 6.89. The van der Waals surface area contributed by atoms with Crippen molar-refractivity contribution in [2.24, 2.45) is 0 Å². The second-order valence-electron chi connectivity index (χ2n) is 4.79. The number of aliphatic hydroxyl groups excluding tert-OH is 1. The highest BCUT2D eigenvalue weighted by atomic mass is 35.5. The van der Waals surface area contributed by atoms with Crippen LogP contribution in [0.15, 0.2) is 12.1 Å². The Hall–Kier alpha value is -1.13. The molecule has 0 heterocycles. The van der Waals surface area contributed by atoms with E-state index in [1.807, 2.05) is 6.07 Å². The lowest BCUT2D eigenvalue weighted by Gasteiger charge is -2.30. The molecule has 2 N–H and O–H groups in total. The highest BCUT2D eigenvalue weighted by molar-refractivity contribution is 6.32. The monoisotopic (exact) mass is 285 g/mol. The van der Waals surface area contributed by atoms with Crippen LogP contribution in [-0.2, 0) is 0 Å². The first-order chi connectivity index (χ1) is 9.15. The van der Waals surface area contributed by atoms with Crippen molar-refractivity contribution in [2.75, 3.05) is 19.5 Å². The summed E-state index contributed by atoms with van der Waals surface area (Å²) < 4.78 is 10.5. The van der Waals surface area contributed by atoms with Crippen molar-refractivity contribution in [3.05, 3.63) is 17.2 Å². The topological polar surface area (TPSA) is 50.7 Å². The van der Waals surface area contributed by atoms with Gasteiger partial charge in [-0.3, -0.25) is 0 Å². The van der Waals surface area contributed by atoms with Crippen molar-refractivity contribution >= 4 is 17.3 Å². The molecule has 2 rings (SSSR count). The quantitative estimate of drug-likeness (QED) is 0.893. The van der Waals surface area contributed by atoms with E-state index in [1.54, 1.807) is 20.3 Å². The van der Waals surface area contributed by atoms with E-state index in [2.05, 4.69) is 5.32 Å². The van der Waals surface area contributed by atoms with E-state index >= 15 is 0 Å². The fourth-order valence-electron chi connectivity index (χ4n) is 2.45. The summed E-state index contributed by atoms with van der Waals surface area (Å²) in [5.74, 6) is 1.25. The fourth-order valence-corrected chi connectivity index (χ4v) is 2.68. The molecule has 1 aromatic rings. The maximum atomic E-state index is 10.0. The normalized spacial score (nSPS) is 22.9. The van der Waals surface area contributed by atoms with Gasteiger partial charge < -0.3 is 19.9 Å². The Morgan fingerprint density at radius 2 is 1.84 bits per heavy atom. The van der Waals surface area contributed by atoms with Gasteiger partial charge in [-0.25, -0.2) is 0 Å². The van der Waals surface area contributed by atoms with Crippen LogP contribution in [0.2, 0.25) is 5.02 Å². The number of halogens is 1. The average molecular weight is 286 g/mol. The summed E-state index contributed by atoms with van der Waals surface area (Å²) >= 11 is 6.07. The van der Waals surface area contributed by atoms with E-state index in [-0.39, 0.29) is 12.1 Å². The van der Waals surface area contributed by atoms with Crippen molar-refractivity contribution in [2.45, 2.75) is 37.8 Å². The summed E-state index contributed by atoms with van der Waals surface area (Å²) in [6.45, 7) is 0. The minimum atomic E-state index is -0.319. The van der Waals surface area contributed by atoms with Crippen LogP contribution in [0.4, 0.5) is 5.69 Å². The lowest BCUT2D eigenvalue weighted by molar-refractivity contribution is 0.116. The van der Waals surface area contributed by atoms with Gasteiger partial charge in [-0.2, -0.15) is 0 Å². The number of ether oxygens (including phenoxy) is 2. The summed E-state index contributed by atoms with van der Waals surface area (Å²) in [6, 6.07) is 3.58. The number of hydrogen-bond acceptors (Lipinski definition) is 4. The van der Waals surface area contributed by atoms with Crippen molar-refractivity contribution in [3.8, 4) is 11.5 Å². The minimum absolute atomic E-state index is 0.0496. The van der Waals surface area contributed by atoms with E-state index in [1.165, 1.54) is 0 Å².